The fourth-order valence-corrected chi connectivity index (χ4v) is 1.93. The summed E-state index contributed by atoms with van der Waals surface area (Å²) in [6.07, 6.45) is 0. The van der Waals surface area contributed by atoms with E-state index in [0.29, 0.717) is 0 Å². The standard InChI is InChI=1S/C15H8N2O9/c18-11(5-1-7(12(19)20)16-8(2-5)13(21)22)6-3-9(14(23)24)17-10(4-6)15(25)26/h1-4H,(H,19,20)(H,21,22)(H,23,24)(H,25,26). The van der Waals surface area contributed by atoms with Crippen molar-refractivity contribution in [3.63, 3.8) is 0 Å². The van der Waals surface area contributed by atoms with Crippen molar-refractivity contribution in [1.82, 2.24) is 9.97 Å². The third-order valence-corrected chi connectivity index (χ3v) is 3.05. The van der Waals surface area contributed by atoms with Crippen LogP contribution in [0.4, 0.5) is 0 Å². The molecular formula is C15H8N2O9. The molecule has 2 rings (SSSR count). The average molecular weight is 360 g/mol. The van der Waals surface area contributed by atoms with Crippen LogP contribution in [0.1, 0.15) is 57.9 Å². The largest absolute Gasteiger partial charge is 0.477 e. The molecular weight excluding hydrogens is 352 g/mol. The lowest BCUT2D eigenvalue weighted by atomic mass is 10.0. The Kier molecular flexibility index (Phi) is 4.73. The maximum absolute atomic E-state index is 12.5. The quantitative estimate of drug-likeness (QED) is 0.524. The highest BCUT2D eigenvalue weighted by molar-refractivity contribution is 6.12. The second-order valence-corrected chi connectivity index (χ2v) is 4.80. The molecule has 2 aromatic heterocycles. The number of aromatic nitrogens is 2. The number of carboxylic acid groups (broad SMARTS) is 4. The maximum Gasteiger partial charge on any atom is 0.354 e. The predicted molar refractivity (Wildman–Crippen MR) is 79.7 cm³/mol. The van der Waals surface area contributed by atoms with Gasteiger partial charge < -0.3 is 20.4 Å². The first-order valence-corrected chi connectivity index (χ1v) is 6.62. The Labute approximate surface area is 143 Å². The minimum absolute atomic E-state index is 0.423. The lowest BCUT2D eigenvalue weighted by molar-refractivity contribution is 0.0664. The van der Waals surface area contributed by atoms with Crippen LogP contribution in [-0.2, 0) is 0 Å². The number of carbonyl (C=O) groups excluding carboxylic acids is 1. The summed E-state index contributed by atoms with van der Waals surface area (Å²) in [7, 11) is 0. The van der Waals surface area contributed by atoms with Gasteiger partial charge in [-0.2, -0.15) is 0 Å². The normalized spacial score (nSPS) is 10.2. The minimum Gasteiger partial charge on any atom is -0.477 e. The Morgan fingerprint density at radius 2 is 0.769 bits per heavy atom. The number of carboxylic acids is 4. The van der Waals surface area contributed by atoms with Gasteiger partial charge in [-0.1, -0.05) is 0 Å². The molecule has 26 heavy (non-hydrogen) atoms. The summed E-state index contributed by atoms with van der Waals surface area (Å²) in [4.78, 5) is 63.4. The van der Waals surface area contributed by atoms with Gasteiger partial charge in [-0.3, -0.25) is 4.79 Å². The summed E-state index contributed by atoms with van der Waals surface area (Å²) < 4.78 is 0. The molecule has 0 aliphatic carbocycles. The minimum atomic E-state index is -1.59. The van der Waals surface area contributed by atoms with E-state index >= 15 is 0 Å². The molecule has 2 heterocycles. The number of nitrogens with zero attached hydrogens (tertiary/aromatic N) is 2. The molecule has 132 valence electrons. The van der Waals surface area contributed by atoms with E-state index in [-0.39, 0.29) is 0 Å². The van der Waals surface area contributed by atoms with Crippen LogP contribution >= 0.6 is 0 Å². The van der Waals surface area contributed by atoms with Gasteiger partial charge in [0, 0.05) is 11.1 Å². The SMILES string of the molecule is O=C(c1cc(C(=O)O)nc(C(=O)O)c1)c1cc(C(=O)O)nc(C(=O)O)c1. The second kappa shape index (κ2) is 6.76. The Bertz CT molecular complexity index is 839. The molecule has 4 N–H and O–H groups in total. The molecule has 0 aromatic carbocycles. The molecule has 0 spiro atoms. The van der Waals surface area contributed by atoms with Crippen LogP contribution in [0.2, 0.25) is 0 Å². The Morgan fingerprint density at radius 1 is 0.538 bits per heavy atom. The zero-order chi connectivity index (χ0) is 19.6. The molecule has 0 saturated carbocycles. The van der Waals surface area contributed by atoms with E-state index in [1.54, 1.807) is 0 Å². The van der Waals surface area contributed by atoms with Gasteiger partial charge in [0.05, 0.1) is 0 Å². The fourth-order valence-electron chi connectivity index (χ4n) is 1.93. The third-order valence-electron chi connectivity index (χ3n) is 3.05. The Balaban J connectivity index is 2.65. The summed E-state index contributed by atoms with van der Waals surface area (Å²) in [5.74, 6) is -7.35. The van der Waals surface area contributed by atoms with Crippen LogP contribution in [0, 0.1) is 0 Å². The first-order chi connectivity index (χ1) is 12.1. The lowest BCUT2D eigenvalue weighted by Gasteiger charge is -2.06. The van der Waals surface area contributed by atoms with Crippen LogP contribution in [0.15, 0.2) is 24.3 Å². The van der Waals surface area contributed by atoms with Crippen LogP contribution in [-0.4, -0.2) is 60.1 Å². The van der Waals surface area contributed by atoms with Crippen LogP contribution < -0.4 is 0 Å². The number of ketones is 1. The van der Waals surface area contributed by atoms with Crippen molar-refractivity contribution in [3.05, 3.63) is 58.2 Å². The van der Waals surface area contributed by atoms with Crippen LogP contribution in [0.5, 0.6) is 0 Å². The molecule has 0 unspecified atom stereocenters. The summed E-state index contributed by atoms with van der Waals surface area (Å²) in [5, 5.41) is 35.9. The van der Waals surface area contributed by atoms with Gasteiger partial charge in [-0.15, -0.1) is 0 Å². The molecule has 0 radical (unpaired) electrons. The first-order valence-electron chi connectivity index (χ1n) is 6.62. The monoisotopic (exact) mass is 360 g/mol. The number of hydrogen-bond acceptors (Lipinski definition) is 7. The van der Waals surface area contributed by atoms with E-state index in [4.69, 9.17) is 20.4 Å². The highest BCUT2D eigenvalue weighted by Crippen LogP contribution is 2.15. The van der Waals surface area contributed by atoms with E-state index in [1.165, 1.54) is 0 Å². The van der Waals surface area contributed by atoms with Crippen LogP contribution in [0.25, 0.3) is 0 Å². The van der Waals surface area contributed by atoms with Crippen molar-refractivity contribution in [1.29, 1.82) is 0 Å². The van der Waals surface area contributed by atoms with E-state index in [1.807, 2.05) is 0 Å². The molecule has 0 amide bonds. The highest BCUT2D eigenvalue weighted by atomic mass is 16.4. The maximum atomic E-state index is 12.5. The van der Waals surface area contributed by atoms with Crippen molar-refractivity contribution in [2.24, 2.45) is 0 Å². The third kappa shape index (κ3) is 3.67. The fraction of sp³-hybridized carbons (Fsp3) is 0. The van der Waals surface area contributed by atoms with E-state index in [9.17, 15) is 24.0 Å². The van der Waals surface area contributed by atoms with E-state index in [0.717, 1.165) is 24.3 Å². The Hall–Kier alpha value is -4.15. The van der Waals surface area contributed by atoms with Gasteiger partial charge in [0.15, 0.2) is 5.78 Å². The van der Waals surface area contributed by atoms with Crippen molar-refractivity contribution in [3.8, 4) is 0 Å². The van der Waals surface area contributed by atoms with Crippen LogP contribution in [0.3, 0.4) is 0 Å². The van der Waals surface area contributed by atoms with E-state index in [2.05, 4.69) is 9.97 Å². The number of carbonyl (C=O) groups is 5. The summed E-state index contributed by atoms with van der Waals surface area (Å²) in [6.45, 7) is 0. The topological polar surface area (TPSA) is 192 Å². The summed E-state index contributed by atoms with van der Waals surface area (Å²) in [5.41, 5.74) is -3.74. The summed E-state index contributed by atoms with van der Waals surface area (Å²) >= 11 is 0. The molecule has 0 aliphatic rings. The van der Waals surface area contributed by atoms with Gasteiger partial charge in [0.2, 0.25) is 0 Å². The zero-order valence-electron chi connectivity index (χ0n) is 12.5. The second-order valence-electron chi connectivity index (χ2n) is 4.80. The average Bonchev–Trinajstić information content (AvgIpc) is 2.59. The number of pyridine rings is 2. The highest BCUT2D eigenvalue weighted by Gasteiger charge is 2.21. The van der Waals surface area contributed by atoms with Gasteiger partial charge in [-0.05, 0) is 24.3 Å². The molecule has 11 heteroatoms. The number of rotatable bonds is 6. The molecule has 0 saturated heterocycles. The van der Waals surface area contributed by atoms with Gasteiger partial charge in [-0.25, -0.2) is 29.1 Å². The van der Waals surface area contributed by atoms with Gasteiger partial charge >= 0.3 is 23.9 Å². The van der Waals surface area contributed by atoms with Crippen molar-refractivity contribution >= 4 is 29.7 Å². The molecule has 0 fully saturated rings. The molecule has 11 nitrogen and oxygen atoms in total. The molecule has 0 bridgehead atoms. The van der Waals surface area contributed by atoms with Crippen molar-refractivity contribution < 1.29 is 44.4 Å². The van der Waals surface area contributed by atoms with Crippen molar-refractivity contribution in [2.75, 3.05) is 0 Å². The van der Waals surface area contributed by atoms with Crippen molar-refractivity contribution in [2.45, 2.75) is 0 Å². The first kappa shape index (κ1) is 18.2. The molecule has 0 atom stereocenters. The molecule has 0 aliphatic heterocycles. The predicted octanol–water partition coefficient (Wildman–Crippen LogP) is 0.500. The van der Waals surface area contributed by atoms with Gasteiger partial charge in [0.25, 0.3) is 0 Å². The van der Waals surface area contributed by atoms with Gasteiger partial charge in [0.1, 0.15) is 22.8 Å². The lowest BCUT2D eigenvalue weighted by Crippen LogP contribution is -2.14. The smallest absolute Gasteiger partial charge is 0.354 e. The number of aromatic carboxylic acids is 4. The van der Waals surface area contributed by atoms with E-state index < -0.39 is 63.6 Å². The zero-order valence-corrected chi connectivity index (χ0v) is 12.5. The summed E-state index contributed by atoms with van der Waals surface area (Å²) in [6, 6.07) is 3.16. The Morgan fingerprint density at radius 3 is 0.962 bits per heavy atom. The number of hydrogen-bond donors (Lipinski definition) is 4. The molecule has 2 aromatic rings.